The predicted molar refractivity (Wildman–Crippen MR) is 109 cm³/mol. The molecule has 7 nitrogen and oxygen atoms in total. The Bertz CT molecular complexity index is 887. The normalized spacial score (nSPS) is 17.2. The molecule has 3 rings (SSSR count). The van der Waals surface area contributed by atoms with Crippen molar-refractivity contribution in [3.63, 3.8) is 0 Å². The third-order valence-electron chi connectivity index (χ3n) is 4.89. The predicted octanol–water partition coefficient (Wildman–Crippen LogP) is 2.81. The van der Waals surface area contributed by atoms with Crippen molar-refractivity contribution in [1.29, 1.82) is 0 Å². The molecule has 1 unspecified atom stereocenters. The molecule has 1 fully saturated rings. The largest absolute Gasteiger partial charge is 0.493 e. The van der Waals surface area contributed by atoms with E-state index in [9.17, 15) is 8.42 Å². The summed E-state index contributed by atoms with van der Waals surface area (Å²) in [5.41, 5.74) is 0. The van der Waals surface area contributed by atoms with Crippen LogP contribution in [-0.4, -0.2) is 60.4 Å². The lowest BCUT2D eigenvalue weighted by Crippen LogP contribution is -2.27. The standard InChI is InChI=1S/C21H27NO6S/c1-25-20-9-8-18(14-21(20)26-2)27-13-12-22-11-10-17(15-22)16-28-29(23,24)19-6-4-3-5-7-19/h3-9,14,17H,10-13,15-16H2,1-2H3. The highest BCUT2D eigenvalue weighted by atomic mass is 32.2. The van der Waals surface area contributed by atoms with Crippen molar-refractivity contribution < 1.29 is 26.8 Å². The molecule has 0 radical (unpaired) electrons. The summed E-state index contributed by atoms with van der Waals surface area (Å²) in [6, 6.07) is 13.7. The van der Waals surface area contributed by atoms with E-state index in [1.807, 2.05) is 12.1 Å². The summed E-state index contributed by atoms with van der Waals surface area (Å²) in [5, 5.41) is 0. The second-order valence-corrected chi connectivity index (χ2v) is 8.49. The first-order valence-corrected chi connectivity index (χ1v) is 10.9. The fraction of sp³-hybridized carbons (Fsp3) is 0.429. The number of nitrogens with zero attached hydrogens (tertiary/aromatic N) is 1. The lowest BCUT2D eigenvalue weighted by atomic mass is 10.1. The zero-order valence-corrected chi connectivity index (χ0v) is 17.6. The molecule has 1 aliphatic rings. The van der Waals surface area contributed by atoms with Crippen molar-refractivity contribution in [3.8, 4) is 17.2 Å². The molecule has 8 heteroatoms. The van der Waals surface area contributed by atoms with Crippen LogP contribution in [0.5, 0.6) is 17.2 Å². The fourth-order valence-corrected chi connectivity index (χ4v) is 4.29. The molecule has 1 heterocycles. The van der Waals surface area contributed by atoms with E-state index in [0.29, 0.717) is 18.1 Å². The van der Waals surface area contributed by atoms with Gasteiger partial charge in [-0.25, -0.2) is 0 Å². The molecule has 0 N–H and O–H groups in total. The van der Waals surface area contributed by atoms with Crippen LogP contribution in [0.3, 0.4) is 0 Å². The lowest BCUT2D eigenvalue weighted by Gasteiger charge is -2.17. The van der Waals surface area contributed by atoms with Crippen molar-refractivity contribution in [3.05, 3.63) is 48.5 Å². The van der Waals surface area contributed by atoms with Crippen LogP contribution in [0.25, 0.3) is 0 Å². The summed E-state index contributed by atoms with van der Waals surface area (Å²) in [7, 11) is -0.512. The summed E-state index contributed by atoms with van der Waals surface area (Å²) in [6.45, 7) is 3.18. The summed E-state index contributed by atoms with van der Waals surface area (Å²) in [4.78, 5) is 2.45. The first-order valence-electron chi connectivity index (χ1n) is 9.53. The maximum atomic E-state index is 12.2. The quantitative estimate of drug-likeness (QED) is 0.546. The molecular weight excluding hydrogens is 394 g/mol. The molecule has 1 saturated heterocycles. The smallest absolute Gasteiger partial charge is 0.296 e. The third-order valence-corrected chi connectivity index (χ3v) is 6.19. The first-order chi connectivity index (χ1) is 14.0. The van der Waals surface area contributed by atoms with E-state index in [0.717, 1.165) is 31.8 Å². The molecular formula is C21H27NO6S. The maximum absolute atomic E-state index is 12.2. The average molecular weight is 422 g/mol. The van der Waals surface area contributed by atoms with Crippen LogP contribution in [0.1, 0.15) is 6.42 Å². The van der Waals surface area contributed by atoms with Gasteiger partial charge in [-0.15, -0.1) is 0 Å². The summed E-state index contributed by atoms with van der Waals surface area (Å²) >= 11 is 0. The molecule has 29 heavy (non-hydrogen) atoms. The van der Waals surface area contributed by atoms with E-state index in [-0.39, 0.29) is 17.4 Å². The van der Waals surface area contributed by atoms with Crippen LogP contribution in [0.2, 0.25) is 0 Å². The van der Waals surface area contributed by atoms with E-state index in [1.165, 1.54) is 0 Å². The van der Waals surface area contributed by atoms with Crippen LogP contribution in [0.4, 0.5) is 0 Å². The second-order valence-electron chi connectivity index (χ2n) is 6.87. The average Bonchev–Trinajstić information content (AvgIpc) is 3.20. The summed E-state index contributed by atoms with van der Waals surface area (Å²) < 4.78 is 46.0. The van der Waals surface area contributed by atoms with Gasteiger partial charge in [0.25, 0.3) is 10.1 Å². The molecule has 0 bridgehead atoms. The topological polar surface area (TPSA) is 74.3 Å². The SMILES string of the molecule is COc1ccc(OCCN2CCC(COS(=O)(=O)c3ccccc3)C2)cc1OC. The van der Waals surface area contributed by atoms with Crippen molar-refractivity contribution in [2.45, 2.75) is 11.3 Å². The number of hydrogen-bond donors (Lipinski definition) is 0. The number of hydrogen-bond acceptors (Lipinski definition) is 7. The molecule has 2 aromatic rings. The van der Waals surface area contributed by atoms with Crippen molar-refractivity contribution >= 4 is 10.1 Å². The van der Waals surface area contributed by atoms with Crippen molar-refractivity contribution in [1.82, 2.24) is 4.90 Å². The van der Waals surface area contributed by atoms with Crippen molar-refractivity contribution in [2.75, 3.05) is 47.1 Å². The molecule has 0 saturated carbocycles. The van der Waals surface area contributed by atoms with Crippen LogP contribution >= 0.6 is 0 Å². The summed E-state index contributed by atoms with van der Waals surface area (Å²) in [6.07, 6.45) is 0.903. The third kappa shape index (κ3) is 5.85. The minimum Gasteiger partial charge on any atom is -0.493 e. The number of ether oxygens (including phenoxy) is 3. The highest BCUT2D eigenvalue weighted by molar-refractivity contribution is 7.86. The number of rotatable bonds is 10. The summed E-state index contributed by atoms with van der Waals surface area (Å²) in [5.74, 6) is 2.20. The Hall–Kier alpha value is -2.29. The zero-order valence-electron chi connectivity index (χ0n) is 16.7. The first kappa shape index (κ1) is 21.4. The Morgan fingerprint density at radius 3 is 2.52 bits per heavy atom. The Kier molecular flexibility index (Phi) is 7.35. The van der Waals surface area contributed by atoms with E-state index >= 15 is 0 Å². The molecule has 0 aliphatic carbocycles. The number of methoxy groups -OCH3 is 2. The highest BCUT2D eigenvalue weighted by Crippen LogP contribution is 2.30. The van der Waals surface area contributed by atoms with Gasteiger partial charge < -0.3 is 14.2 Å². The van der Waals surface area contributed by atoms with Gasteiger partial charge in [-0.1, -0.05) is 18.2 Å². The van der Waals surface area contributed by atoms with Gasteiger partial charge in [-0.05, 0) is 43.1 Å². The molecule has 1 aliphatic heterocycles. The monoisotopic (exact) mass is 421 g/mol. The fourth-order valence-electron chi connectivity index (χ4n) is 3.29. The minimum absolute atomic E-state index is 0.189. The Balaban J connectivity index is 1.41. The van der Waals surface area contributed by atoms with Gasteiger partial charge in [0, 0.05) is 19.2 Å². The van der Waals surface area contributed by atoms with Gasteiger partial charge in [0.15, 0.2) is 11.5 Å². The van der Waals surface area contributed by atoms with E-state index < -0.39 is 10.1 Å². The maximum Gasteiger partial charge on any atom is 0.296 e. The number of likely N-dealkylation sites (tertiary alicyclic amines) is 1. The van der Waals surface area contributed by atoms with E-state index in [1.54, 1.807) is 50.6 Å². The van der Waals surface area contributed by atoms with E-state index in [4.69, 9.17) is 18.4 Å². The van der Waals surface area contributed by atoms with Gasteiger partial charge >= 0.3 is 0 Å². The van der Waals surface area contributed by atoms with Gasteiger partial charge in [-0.2, -0.15) is 8.42 Å². The van der Waals surface area contributed by atoms with Gasteiger partial charge in [0.2, 0.25) is 0 Å². The van der Waals surface area contributed by atoms with Gasteiger partial charge in [0.1, 0.15) is 12.4 Å². The van der Waals surface area contributed by atoms with E-state index in [2.05, 4.69) is 4.90 Å². The highest BCUT2D eigenvalue weighted by Gasteiger charge is 2.25. The Labute approximate surface area is 172 Å². The van der Waals surface area contributed by atoms with Crippen LogP contribution in [0, 0.1) is 5.92 Å². The lowest BCUT2D eigenvalue weighted by molar-refractivity contribution is 0.215. The molecule has 0 aromatic heterocycles. The molecule has 0 amide bonds. The zero-order chi connectivity index (χ0) is 20.7. The minimum atomic E-state index is -3.70. The molecule has 158 valence electrons. The van der Waals surface area contributed by atoms with Gasteiger partial charge in [0.05, 0.1) is 25.7 Å². The molecule has 2 aromatic carbocycles. The second kappa shape index (κ2) is 9.96. The van der Waals surface area contributed by atoms with Crippen LogP contribution < -0.4 is 14.2 Å². The van der Waals surface area contributed by atoms with Crippen LogP contribution in [0.15, 0.2) is 53.4 Å². The van der Waals surface area contributed by atoms with Gasteiger partial charge in [-0.3, -0.25) is 9.08 Å². The Morgan fingerprint density at radius 2 is 1.79 bits per heavy atom. The van der Waals surface area contributed by atoms with Crippen molar-refractivity contribution in [2.24, 2.45) is 5.92 Å². The Morgan fingerprint density at radius 1 is 1.03 bits per heavy atom. The van der Waals surface area contributed by atoms with Crippen LogP contribution in [-0.2, 0) is 14.3 Å². The molecule has 0 spiro atoms. The molecule has 1 atom stereocenters. The number of benzene rings is 2.